The Morgan fingerprint density at radius 3 is 1.74 bits per heavy atom. The van der Waals surface area contributed by atoms with Gasteiger partial charge in [0, 0.05) is 0 Å². The zero-order chi connectivity index (χ0) is 24.6. The number of hydrogen-bond donors (Lipinski definition) is 0. The van der Waals surface area contributed by atoms with Crippen molar-refractivity contribution in [3.63, 3.8) is 0 Å². The molecule has 0 heterocycles. The second kappa shape index (κ2) is 11.5. The van der Waals surface area contributed by atoms with Crippen molar-refractivity contribution in [1.82, 2.24) is 0 Å². The van der Waals surface area contributed by atoms with E-state index in [-0.39, 0.29) is 35.2 Å². The van der Waals surface area contributed by atoms with E-state index in [2.05, 4.69) is 0 Å². The lowest BCUT2D eigenvalue weighted by atomic mass is 10.1. The Morgan fingerprint density at radius 1 is 0.824 bits per heavy atom. The van der Waals surface area contributed by atoms with Crippen molar-refractivity contribution in [3.8, 4) is 23.0 Å². The third kappa shape index (κ3) is 6.27. The van der Waals surface area contributed by atoms with Gasteiger partial charge >= 0.3 is 13.8 Å². The van der Waals surface area contributed by atoms with E-state index in [0.29, 0.717) is 0 Å². The fourth-order valence-electron chi connectivity index (χ4n) is 2.92. The fourth-order valence-corrected chi connectivity index (χ4v) is 4.29. The Morgan fingerprint density at radius 2 is 1.29 bits per heavy atom. The van der Waals surface area contributed by atoms with Gasteiger partial charge in [-0.25, -0.2) is 18.3 Å². The summed E-state index contributed by atoms with van der Waals surface area (Å²) in [6, 6.07) is 17.7. The predicted octanol–water partition coefficient (Wildman–Crippen LogP) is 5.73. The van der Waals surface area contributed by atoms with Crippen molar-refractivity contribution in [1.29, 1.82) is 0 Å². The van der Waals surface area contributed by atoms with Gasteiger partial charge in [0.05, 0.1) is 20.8 Å². The van der Waals surface area contributed by atoms with Crippen LogP contribution in [0.4, 0.5) is 4.39 Å². The smallest absolute Gasteiger partial charge is 0.493 e. The summed E-state index contributed by atoms with van der Waals surface area (Å²) in [5.41, 5.74) is 0.187. The lowest BCUT2D eigenvalue weighted by Crippen LogP contribution is -2.20. The molecule has 10 heteroatoms. The third-order valence-electron chi connectivity index (χ3n) is 4.47. The number of hydrogen-bond acceptors (Lipinski definition) is 8. The molecule has 0 aliphatic carbocycles. The SMILES string of the molecule is CCOC(=O)[C@H](OP(=O)(Oc1ccccc1OC)Oc1ccccc1OC)c1ccc(F)cc1. The Kier molecular flexibility index (Phi) is 8.51. The molecule has 0 bridgehead atoms. The van der Waals surface area contributed by atoms with Crippen LogP contribution in [0.2, 0.25) is 0 Å². The molecule has 0 spiro atoms. The van der Waals surface area contributed by atoms with Gasteiger partial charge in [0.2, 0.25) is 0 Å². The molecule has 34 heavy (non-hydrogen) atoms. The minimum Gasteiger partial charge on any atom is -0.493 e. The molecular weight excluding hydrogens is 466 g/mol. The average Bonchev–Trinajstić information content (AvgIpc) is 2.84. The quantitative estimate of drug-likeness (QED) is 0.249. The number of para-hydroxylation sites is 4. The highest BCUT2D eigenvalue weighted by molar-refractivity contribution is 7.49. The maximum Gasteiger partial charge on any atom is 0.589 e. The van der Waals surface area contributed by atoms with E-state index in [4.69, 9.17) is 27.8 Å². The van der Waals surface area contributed by atoms with Gasteiger partial charge in [-0.15, -0.1) is 0 Å². The van der Waals surface area contributed by atoms with E-state index in [1.165, 1.54) is 38.5 Å². The zero-order valence-electron chi connectivity index (χ0n) is 18.8. The number of carbonyl (C=O) groups excluding carboxylic acids is 1. The molecule has 0 N–H and O–H groups in total. The van der Waals surface area contributed by atoms with Crippen LogP contribution in [0, 0.1) is 5.82 Å². The standard InChI is InChI=1S/C24H24FO8P/c1-4-30-24(26)23(17-13-15-18(25)16-14-17)33-34(27,31-21-11-7-5-9-19(21)28-2)32-22-12-8-6-10-20(22)29-3/h5-16,23H,4H2,1-3H3/t23-/m1/s1. The summed E-state index contributed by atoms with van der Waals surface area (Å²) in [5, 5.41) is 0. The molecule has 0 aliphatic rings. The van der Waals surface area contributed by atoms with Crippen LogP contribution in [0.25, 0.3) is 0 Å². The molecule has 3 aromatic rings. The molecule has 3 aromatic carbocycles. The Bertz CT molecular complexity index is 1100. The van der Waals surface area contributed by atoms with Gasteiger partial charge < -0.3 is 23.3 Å². The number of methoxy groups -OCH3 is 2. The Labute approximate surface area is 196 Å². The highest BCUT2D eigenvalue weighted by Gasteiger charge is 2.40. The molecule has 0 saturated heterocycles. The second-order valence-electron chi connectivity index (χ2n) is 6.72. The van der Waals surface area contributed by atoms with E-state index in [1.54, 1.807) is 43.3 Å². The largest absolute Gasteiger partial charge is 0.589 e. The van der Waals surface area contributed by atoms with Crippen LogP contribution in [-0.2, 0) is 18.6 Å². The van der Waals surface area contributed by atoms with Gasteiger partial charge in [-0.05, 0) is 48.9 Å². The molecule has 0 amide bonds. The third-order valence-corrected chi connectivity index (χ3v) is 5.78. The molecule has 0 saturated carbocycles. The summed E-state index contributed by atoms with van der Waals surface area (Å²) in [6.07, 6.45) is -1.55. The number of carbonyl (C=O) groups is 1. The van der Waals surface area contributed by atoms with E-state index in [9.17, 15) is 13.8 Å². The van der Waals surface area contributed by atoms with Crippen molar-refractivity contribution >= 4 is 13.8 Å². The van der Waals surface area contributed by atoms with Crippen LogP contribution in [0.3, 0.4) is 0 Å². The van der Waals surface area contributed by atoms with Crippen LogP contribution in [-0.4, -0.2) is 26.8 Å². The average molecular weight is 490 g/mol. The lowest BCUT2D eigenvalue weighted by molar-refractivity contribution is -0.152. The van der Waals surface area contributed by atoms with Crippen molar-refractivity contribution in [2.24, 2.45) is 0 Å². The molecule has 0 aromatic heterocycles. The number of halogens is 1. The molecule has 8 nitrogen and oxygen atoms in total. The predicted molar refractivity (Wildman–Crippen MR) is 122 cm³/mol. The summed E-state index contributed by atoms with van der Waals surface area (Å²) < 4.78 is 60.1. The van der Waals surface area contributed by atoms with E-state index in [0.717, 1.165) is 12.1 Å². The Balaban J connectivity index is 2.05. The molecule has 0 aliphatic heterocycles. The molecule has 0 fully saturated rings. The van der Waals surface area contributed by atoms with Crippen LogP contribution in [0.5, 0.6) is 23.0 Å². The van der Waals surface area contributed by atoms with Crippen LogP contribution >= 0.6 is 7.82 Å². The van der Waals surface area contributed by atoms with Gasteiger partial charge in [-0.2, -0.15) is 0 Å². The summed E-state index contributed by atoms with van der Waals surface area (Å²) >= 11 is 0. The second-order valence-corrected chi connectivity index (χ2v) is 8.19. The van der Waals surface area contributed by atoms with Gasteiger partial charge in [0.1, 0.15) is 5.82 Å². The minimum atomic E-state index is -4.61. The zero-order valence-corrected chi connectivity index (χ0v) is 19.7. The first-order valence-electron chi connectivity index (χ1n) is 10.2. The molecular formula is C24H24FO8P. The summed E-state index contributed by atoms with van der Waals surface area (Å²) in [7, 11) is -1.79. The van der Waals surface area contributed by atoms with Gasteiger partial charge in [0.25, 0.3) is 0 Å². The van der Waals surface area contributed by atoms with Gasteiger partial charge in [-0.3, -0.25) is 0 Å². The highest BCUT2D eigenvalue weighted by atomic mass is 31.2. The van der Waals surface area contributed by atoms with E-state index < -0.39 is 25.7 Å². The number of benzene rings is 3. The summed E-state index contributed by atoms with van der Waals surface area (Å²) in [6.45, 7) is 1.64. The lowest BCUT2D eigenvalue weighted by Gasteiger charge is -2.24. The summed E-state index contributed by atoms with van der Waals surface area (Å²) in [5.74, 6) is -0.782. The van der Waals surface area contributed by atoms with E-state index in [1.807, 2.05) is 0 Å². The molecule has 3 rings (SSSR count). The highest BCUT2D eigenvalue weighted by Crippen LogP contribution is 2.55. The van der Waals surface area contributed by atoms with Crippen LogP contribution in [0.15, 0.2) is 72.8 Å². The van der Waals surface area contributed by atoms with Crippen LogP contribution in [0.1, 0.15) is 18.6 Å². The first-order chi connectivity index (χ1) is 16.4. The maximum absolute atomic E-state index is 14.0. The normalized spacial score (nSPS) is 11.9. The van der Waals surface area contributed by atoms with Gasteiger partial charge in [-0.1, -0.05) is 36.4 Å². The Hall–Kier alpha value is -3.55. The van der Waals surface area contributed by atoms with Crippen molar-refractivity contribution in [2.45, 2.75) is 13.0 Å². The van der Waals surface area contributed by atoms with Crippen molar-refractivity contribution in [2.75, 3.05) is 20.8 Å². The number of phosphoric ester groups is 1. The molecule has 180 valence electrons. The van der Waals surface area contributed by atoms with E-state index >= 15 is 0 Å². The van der Waals surface area contributed by atoms with Crippen LogP contribution < -0.4 is 18.5 Å². The van der Waals surface area contributed by atoms with Gasteiger partial charge in [0.15, 0.2) is 29.1 Å². The number of phosphoric acid groups is 1. The summed E-state index contributed by atoms with van der Waals surface area (Å²) in [4.78, 5) is 12.7. The first-order valence-corrected chi connectivity index (χ1v) is 11.7. The number of ether oxygens (including phenoxy) is 3. The van der Waals surface area contributed by atoms with Crippen molar-refractivity contribution in [3.05, 3.63) is 84.2 Å². The molecule has 0 radical (unpaired) electrons. The fraction of sp³-hybridized carbons (Fsp3) is 0.208. The molecule has 1 atom stereocenters. The maximum atomic E-state index is 14.0. The topological polar surface area (TPSA) is 89.5 Å². The first kappa shape index (κ1) is 25.1. The molecule has 0 unspecified atom stereocenters. The van der Waals surface area contributed by atoms with Crippen molar-refractivity contribution < 1.29 is 41.5 Å². The number of rotatable bonds is 11. The number of esters is 1. The minimum absolute atomic E-state index is 0.0327. The monoisotopic (exact) mass is 490 g/mol.